The van der Waals surface area contributed by atoms with Crippen LogP contribution in [0.2, 0.25) is 0 Å². The summed E-state index contributed by atoms with van der Waals surface area (Å²) in [5.74, 6) is 0. The third-order valence-electron chi connectivity index (χ3n) is 12.8. The monoisotopic (exact) mass is 814 g/mol. The van der Waals surface area contributed by atoms with Crippen LogP contribution in [0.1, 0.15) is 49.7 Å². The van der Waals surface area contributed by atoms with Crippen molar-refractivity contribution >= 4 is 64.6 Å². The average Bonchev–Trinajstić information content (AvgIpc) is 1.56. The SMILES string of the molecule is [2H]c1c([2H])c([2H])c(C2(c3c([2H])c([2H])c([2H])c([2H])c3[2H])c3c([2H])c(-c4c([2H])c([2H])c(-c5ccc6ccc7cccc8ccc5c6c78)c([2H])c4[2H])c([2H])c([2H])c3-c3c([2H])c([2H])c(-c4ccc5ccc6cccc7ccc4c5c67)c([2H])c32)c([2H])c1[2H]. The van der Waals surface area contributed by atoms with E-state index in [9.17, 15) is 19.2 Å². The molecule has 14 rings (SSSR count). The zero-order chi connectivity index (χ0) is 58.6. The van der Waals surface area contributed by atoms with Gasteiger partial charge in [-0.05, 0) is 143 Å². The Morgan fingerprint density at radius 3 is 1.17 bits per heavy atom. The quantitative estimate of drug-likeness (QED) is 0.152. The minimum atomic E-state index is -3.10. The largest absolute Gasteiger partial charge is 0.0713 e. The normalized spacial score (nSPS) is 17.7. The Bertz CT molecular complexity index is 4970. The highest BCUT2D eigenvalue weighted by Crippen LogP contribution is 2.58. The molecule has 0 saturated heterocycles. The summed E-state index contributed by atoms with van der Waals surface area (Å²) in [6.45, 7) is 0. The van der Waals surface area contributed by atoms with E-state index in [1.54, 1.807) is 24.3 Å². The average molecular weight is 815 g/mol. The van der Waals surface area contributed by atoms with Gasteiger partial charge in [0, 0.05) is 0 Å². The van der Waals surface area contributed by atoms with Crippen LogP contribution in [0.25, 0.3) is 109 Å². The third-order valence-corrected chi connectivity index (χ3v) is 12.8. The van der Waals surface area contributed by atoms with E-state index in [2.05, 4.69) is 0 Å². The highest BCUT2D eigenvalue weighted by atomic mass is 14.5. The molecule has 13 aromatic carbocycles. The van der Waals surface area contributed by atoms with Gasteiger partial charge in [-0.3, -0.25) is 0 Å². The van der Waals surface area contributed by atoms with Crippen molar-refractivity contribution in [2.75, 3.05) is 0 Å². The second kappa shape index (κ2) is 13.0. The van der Waals surface area contributed by atoms with Crippen molar-refractivity contribution in [3.8, 4) is 44.5 Å². The van der Waals surface area contributed by atoms with Crippen molar-refractivity contribution in [3.63, 3.8) is 0 Å². The molecule has 0 spiro atoms. The van der Waals surface area contributed by atoms with Crippen LogP contribution in [0.15, 0.2) is 230 Å². The van der Waals surface area contributed by atoms with Gasteiger partial charge in [-0.25, -0.2) is 0 Å². The van der Waals surface area contributed by atoms with Crippen molar-refractivity contribution in [3.05, 3.63) is 252 Å². The van der Waals surface area contributed by atoms with Gasteiger partial charge < -0.3 is 0 Å². The first-order valence-corrected chi connectivity index (χ1v) is 20.5. The predicted molar refractivity (Wildman–Crippen MR) is 267 cm³/mol. The topological polar surface area (TPSA) is 0 Å². The smallest absolute Gasteiger partial charge is 0.0622 e. The van der Waals surface area contributed by atoms with Gasteiger partial charge in [-0.15, -0.1) is 0 Å². The molecule has 0 unspecified atom stereocenters. The molecule has 0 radical (unpaired) electrons. The van der Waals surface area contributed by atoms with E-state index in [1.807, 2.05) is 84.9 Å². The molecule has 0 heterocycles. The maximum absolute atomic E-state index is 10.6. The first kappa shape index (κ1) is 20.7. The van der Waals surface area contributed by atoms with Crippen molar-refractivity contribution in [2.45, 2.75) is 5.41 Å². The van der Waals surface area contributed by atoms with E-state index < -0.39 is 171 Å². The lowest BCUT2D eigenvalue weighted by atomic mass is 9.67. The molecule has 0 nitrogen and oxygen atoms in total. The molecule has 0 heteroatoms. The second-order valence-corrected chi connectivity index (χ2v) is 15.9. The molecule has 0 saturated carbocycles. The van der Waals surface area contributed by atoms with Gasteiger partial charge in [-0.2, -0.15) is 0 Å². The van der Waals surface area contributed by atoms with Crippen LogP contribution in [-0.4, -0.2) is 0 Å². The highest BCUT2D eigenvalue weighted by molar-refractivity contribution is 6.26. The molecule has 0 atom stereocenters. The Balaban J connectivity index is 1.16. The number of hydrogen-bond donors (Lipinski definition) is 0. The maximum atomic E-state index is 10.6. The van der Waals surface area contributed by atoms with Gasteiger partial charge in [0.2, 0.25) is 0 Å². The van der Waals surface area contributed by atoms with Gasteiger partial charge in [-0.1, -0.05) is 218 Å². The number of benzene rings is 13. The van der Waals surface area contributed by atoms with Crippen molar-refractivity contribution in [2.24, 2.45) is 0 Å². The maximum Gasteiger partial charge on any atom is 0.0713 e. The Hall–Kier alpha value is -8.06. The molecule has 290 valence electrons. The predicted octanol–water partition coefficient (Wildman–Crippen LogP) is 16.8. The molecule has 0 aliphatic heterocycles. The number of hydrogen-bond acceptors (Lipinski definition) is 0. The highest BCUT2D eigenvalue weighted by Gasteiger charge is 2.46. The van der Waals surface area contributed by atoms with Crippen LogP contribution in [0, 0.1) is 0 Å². The molecule has 0 bridgehead atoms. The fraction of sp³-hybridized carbons (Fsp3) is 0.0159. The summed E-state index contributed by atoms with van der Waals surface area (Å²) in [4.78, 5) is 0. The first-order valence-electron chi connectivity index (χ1n) is 30.5. The standard InChI is InChI=1S/C63H38/c1-3-13-49(14-4-1)63(50-15-5-2-6-16-50)57-37-47(39-17-19-40(20-18-39)51-31-25-45-23-21-41-9-7-11-43-27-35-55(51)61(45)59(41)43)29-33-53(57)54-34-30-48(38-58(54)63)52-32-26-46-24-22-42-10-8-12-44-28-36-56(52)62(46)60(42)44/h1-38H/i1D,2D,3D,4D,5D,6D,13D,14D,15D,16D,17D,18D,19D,20D,29D,30D,33D,34D,37D,38D. The molecule has 13 aromatic rings. The summed E-state index contributed by atoms with van der Waals surface area (Å²) in [5, 5.41) is 9.68. The Labute approximate surface area is 393 Å². The zero-order valence-electron chi connectivity index (χ0n) is 52.9. The molecule has 0 N–H and O–H groups in total. The molecule has 0 aromatic heterocycles. The van der Waals surface area contributed by atoms with Gasteiger partial charge >= 0.3 is 0 Å². The fourth-order valence-electron chi connectivity index (χ4n) is 10.1. The molecule has 63 heavy (non-hydrogen) atoms. The van der Waals surface area contributed by atoms with Crippen LogP contribution in [-0.2, 0) is 5.41 Å². The zero-order valence-corrected chi connectivity index (χ0v) is 32.9. The van der Waals surface area contributed by atoms with Crippen molar-refractivity contribution in [1.82, 2.24) is 0 Å². The lowest BCUT2D eigenvalue weighted by Gasteiger charge is -2.34. The van der Waals surface area contributed by atoms with E-state index in [4.69, 9.17) is 8.22 Å². The summed E-state index contributed by atoms with van der Waals surface area (Å²) in [5.41, 5.74) is -8.57. The molecule has 0 fully saturated rings. The van der Waals surface area contributed by atoms with Gasteiger partial charge in [0.1, 0.15) is 0 Å². The van der Waals surface area contributed by atoms with Gasteiger partial charge in [0.05, 0.1) is 32.8 Å². The summed E-state index contributed by atoms with van der Waals surface area (Å²) < 4.78 is 193. The fourth-order valence-corrected chi connectivity index (χ4v) is 10.1. The van der Waals surface area contributed by atoms with E-state index in [0.717, 1.165) is 53.9 Å². The summed E-state index contributed by atoms with van der Waals surface area (Å²) in [6, 6.07) is 16.2. The van der Waals surface area contributed by atoms with Crippen LogP contribution < -0.4 is 0 Å². The second-order valence-electron chi connectivity index (χ2n) is 15.9. The van der Waals surface area contributed by atoms with Crippen molar-refractivity contribution < 1.29 is 27.4 Å². The van der Waals surface area contributed by atoms with Crippen LogP contribution >= 0.6 is 0 Å². The Morgan fingerprint density at radius 2 is 0.667 bits per heavy atom. The van der Waals surface area contributed by atoms with E-state index in [0.29, 0.717) is 16.3 Å². The van der Waals surface area contributed by atoms with E-state index >= 15 is 0 Å². The lowest BCUT2D eigenvalue weighted by molar-refractivity contribution is 0.769. The molecule has 0 amide bonds. The van der Waals surface area contributed by atoms with Crippen LogP contribution in [0.3, 0.4) is 0 Å². The summed E-state index contributed by atoms with van der Waals surface area (Å²) >= 11 is 0. The Kier molecular flexibility index (Phi) is 4.26. The van der Waals surface area contributed by atoms with Crippen LogP contribution in [0.4, 0.5) is 0 Å². The van der Waals surface area contributed by atoms with E-state index in [-0.39, 0.29) is 16.7 Å². The van der Waals surface area contributed by atoms with Crippen LogP contribution in [0.5, 0.6) is 0 Å². The lowest BCUT2D eigenvalue weighted by Crippen LogP contribution is -2.28. The molecular weight excluding hydrogens is 757 g/mol. The summed E-state index contributed by atoms with van der Waals surface area (Å²) in [6.07, 6.45) is 0. The summed E-state index contributed by atoms with van der Waals surface area (Å²) in [7, 11) is 0. The number of rotatable bonds is 5. The Morgan fingerprint density at radius 1 is 0.286 bits per heavy atom. The third kappa shape index (κ3) is 4.81. The molecular formula is C63H38. The minimum Gasteiger partial charge on any atom is -0.0622 e. The molecule has 1 aliphatic carbocycles. The van der Waals surface area contributed by atoms with Crippen molar-refractivity contribution in [1.29, 1.82) is 0 Å². The van der Waals surface area contributed by atoms with E-state index in [1.165, 1.54) is 0 Å². The number of fused-ring (bicyclic) bond motifs is 3. The van der Waals surface area contributed by atoms with Gasteiger partial charge in [0.15, 0.2) is 0 Å². The minimum absolute atomic E-state index is 0.132. The van der Waals surface area contributed by atoms with Gasteiger partial charge in [0.25, 0.3) is 0 Å². The molecule has 1 aliphatic rings. The first-order chi connectivity index (χ1) is 39.6.